The molecule has 0 saturated carbocycles. The normalized spacial score (nSPS) is 10.4. The van der Waals surface area contributed by atoms with Gasteiger partial charge in [-0.2, -0.15) is 5.10 Å². The molecule has 0 fully saturated rings. The van der Waals surface area contributed by atoms with E-state index in [0.29, 0.717) is 11.4 Å². The first-order chi connectivity index (χ1) is 6.81. The average Bonchev–Trinajstić information content (AvgIpc) is 2.70. The zero-order chi connectivity index (χ0) is 9.97. The number of pyridine rings is 1. The van der Waals surface area contributed by atoms with Crippen molar-refractivity contribution in [1.29, 1.82) is 0 Å². The van der Waals surface area contributed by atoms with Gasteiger partial charge in [0.05, 0.1) is 12.8 Å². The molecule has 0 aliphatic carbocycles. The third kappa shape index (κ3) is 1.49. The van der Waals surface area contributed by atoms with E-state index in [4.69, 9.17) is 5.11 Å². The first-order valence-electron chi connectivity index (χ1n) is 4.06. The van der Waals surface area contributed by atoms with Crippen LogP contribution in [0, 0.1) is 5.82 Å². The van der Waals surface area contributed by atoms with Gasteiger partial charge < -0.3 is 5.11 Å². The Kier molecular flexibility index (Phi) is 2.24. The van der Waals surface area contributed by atoms with Gasteiger partial charge in [-0.05, 0) is 12.1 Å². The first kappa shape index (κ1) is 8.83. The Balaban J connectivity index is 2.53. The summed E-state index contributed by atoms with van der Waals surface area (Å²) < 4.78 is 14.2. The van der Waals surface area contributed by atoms with Crippen molar-refractivity contribution in [2.75, 3.05) is 0 Å². The van der Waals surface area contributed by atoms with E-state index in [1.165, 1.54) is 10.7 Å². The minimum absolute atomic E-state index is 0.264. The van der Waals surface area contributed by atoms with Crippen molar-refractivity contribution >= 4 is 0 Å². The van der Waals surface area contributed by atoms with Gasteiger partial charge in [0, 0.05) is 18.0 Å². The van der Waals surface area contributed by atoms with Crippen LogP contribution in [0.5, 0.6) is 0 Å². The van der Waals surface area contributed by atoms with Crippen molar-refractivity contribution in [2.24, 2.45) is 0 Å². The van der Waals surface area contributed by atoms with Crippen LogP contribution in [0.25, 0.3) is 5.82 Å². The largest absolute Gasteiger partial charge is 0.392 e. The van der Waals surface area contributed by atoms with Crippen LogP contribution in [0.2, 0.25) is 0 Å². The topological polar surface area (TPSA) is 50.9 Å². The van der Waals surface area contributed by atoms with Gasteiger partial charge in [-0.15, -0.1) is 0 Å². The summed E-state index contributed by atoms with van der Waals surface area (Å²) in [5.74, 6) is -0.0242. The Morgan fingerprint density at radius 2 is 2.36 bits per heavy atom. The van der Waals surface area contributed by atoms with Crippen LogP contribution >= 0.6 is 0 Å². The van der Waals surface area contributed by atoms with E-state index in [1.54, 1.807) is 18.5 Å². The molecule has 0 unspecified atom stereocenters. The lowest BCUT2D eigenvalue weighted by atomic mass is 10.2. The highest BCUT2D eigenvalue weighted by Gasteiger charge is 2.06. The summed E-state index contributed by atoms with van der Waals surface area (Å²) in [5, 5.41) is 12.9. The van der Waals surface area contributed by atoms with E-state index in [-0.39, 0.29) is 6.61 Å². The van der Waals surface area contributed by atoms with Crippen molar-refractivity contribution in [3.05, 3.63) is 42.1 Å². The summed E-state index contributed by atoms with van der Waals surface area (Å²) in [5.41, 5.74) is 0.411. The molecule has 2 heterocycles. The fraction of sp³-hybridized carbons (Fsp3) is 0.111. The van der Waals surface area contributed by atoms with Crippen molar-refractivity contribution in [3.8, 4) is 5.82 Å². The summed E-state index contributed by atoms with van der Waals surface area (Å²) in [4.78, 5) is 3.86. The lowest BCUT2D eigenvalue weighted by molar-refractivity contribution is 0.280. The zero-order valence-corrected chi connectivity index (χ0v) is 7.26. The molecular weight excluding hydrogens is 185 g/mol. The van der Waals surface area contributed by atoms with E-state index in [9.17, 15) is 4.39 Å². The van der Waals surface area contributed by atoms with Crippen LogP contribution in [-0.2, 0) is 6.61 Å². The maximum Gasteiger partial charge on any atom is 0.158 e. The predicted molar refractivity (Wildman–Crippen MR) is 47.2 cm³/mol. The molecule has 5 heteroatoms. The van der Waals surface area contributed by atoms with Crippen molar-refractivity contribution in [3.63, 3.8) is 0 Å². The SMILES string of the molecule is OCc1cc(F)cnc1-n1cccn1. The van der Waals surface area contributed by atoms with E-state index < -0.39 is 5.82 Å². The van der Waals surface area contributed by atoms with Crippen molar-refractivity contribution < 1.29 is 9.50 Å². The zero-order valence-electron chi connectivity index (χ0n) is 7.26. The number of aliphatic hydroxyl groups is 1. The van der Waals surface area contributed by atoms with Gasteiger partial charge >= 0.3 is 0 Å². The number of aliphatic hydroxyl groups excluding tert-OH is 1. The lowest BCUT2D eigenvalue weighted by Crippen LogP contribution is -2.03. The van der Waals surface area contributed by atoms with Crippen LogP contribution in [0.3, 0.4) is 0 Å². The summed E-state index contributed by atoms with van der Waals surface area (Å²) in [6, 6.07) is 2.97. The molecule has 0 bridgehead atoms. The number of rotatable bonds is 2. The van der Waals surface area contributed by atoms with Gasteiger partial charge in [0.2, 0.25) is 0 Å². The molecule has 0 saturated heterocycles. The Labute approximate surface area is 79.6 Å². The lowest BCUT2D eigenvalue weighted by Gasteiger charge is -2.05. The predicted octanol–water partition coefficient (Wildman–Crippen LogP) is 0.899. The van der Waals surface area contributed by atoms with E-state index >= 15 is 0 Å². The second-order valence-corrected chi connectivity index (χ2v) is 2.75. The van der Waals surface area contributed by atoms with E-state index in [1.807, 2.05) is 0 Å². The van der Waals surface area contributed by atoms with Gasteiger partial charge in [-0.3, -0.25) is 0 Å². The standard InChI is InChI=1S/C9H8FN3O/c10-8-4-7(6-14)9(11-5-8)13-3-1-2-12-13/h1-5,14H,6H2. The number of halogens is 1. The van der Waals surface area contributed by atoms with Crippen LogP contribution in [0.4, 0.5) is 4.39 Å². The summed E-state index contributed by atoms with van der Waals surface area (Å²) in [6.45, 7) is -0.264. The molecule has 0 aromatic carbocycles. The highest BCUT2D eigenvalue weighted by Crippen LogP contribution is 2.11. The number of hydrogen-bond acceptors (Lipinski definition) is 3. The molecule has 0 radical (unpaired) electrons. The molecule has 2 aromatic heterocycles. The molecule has 2 aromatic rings. The van der Waals surface area contributed by atoms with Crippen molar-refractivity contribution in [2.45, 2.75) is 6.61 Å². The van der Waals surface area contributed by atoms with Crippen LogP contribution in [0.1, 0.15) is 5.56 Å². The van der Waals surface area contributed by atoms with Gasteiger partial charge in [0.25, 0.3) is 0 Å². The molecule has 72 valence electrons. The van der Waals surface area contributed by atoms with Gasteiger partial charge in [0.15, 0.2) is 5.82 Å². The average molecular weight is 193 g/mol. The van der Waals surface area contributed by atoms with E-state index in [0.717, 1.165) is 6.20 Å². The molecule has 0 spiro atoms. The maximum absolute atomic E-state index is 12.8. The summed E-state index contributed by atoms with van der Waals surface area (Å²) in [6.07, 6.45) is 4.36. The fourth-order valence-corrected chi connectivity index (χ4v) is 1.19. The van der Waals surface area contributed by atoms with Crippen LogP contribution in [0.15, 0.2) is 30.7 Å². The van der Waals surface area contributed by atoms with Gasteiger partial charge in [0.1, 0.15) is 5.82 Å². The molecule has 1 N–H and O–H groups in total. The highest BCUT2D eigenvalue weighted by atomic mass is 19.1. The Morgan fingerprint density at radius 1 is 1.50 bits per heavy atom. The monoisotopic (exact) mass is 193 g/mol. The number of hydrogen-bond donors (Lipinski definition) is 1. The van der Waals surface area contributed by atoms with Crippen LogP contribution < -0.4 is 0 Å². The van der Waals surface area contributed by atoms with E-state index in [2.05, 4.69) is 10.1 Å². The molecule has 0 aliphatic heterocycles. The minimum atomic E-state index is -0.468. The second kappa shape index (κ2) is 3.55. The van der Waals surface area contributed by atoms with Gasteiger partial charge in [-0.25, -0.2) is 14.1 Å². The smallest absolute Gasteiger partial charge is 0.158 e. The molecule has 4 nitrogen and oxygen atoms in total. The quantitative estimate of drug-likeness (QED) is 0.770. The van der Waals surface area contributed by atoms with Crippen LogP contribution in [-0.4, -0.2) is 19.9 Å². The maximum atomic E-state index is 12.8. The fourth-order valence-electron chi connectivity index (χ4n) is 1.19. The van der Waals surface area contributed by atoms with Gasteiger partial charge in [-0.1, -0.05) is 0 Å². The highest BCUT2D eigenvalue weighted by molar-refractivity contribution is 5.32. The Bertz CT molecular complexity index is 428. The minimum Gasteiger partial charge on any atom is -0.392 e. The third-order valence-electron chi connectivity index (χ3n) is 1.80. The Hall–Kier alpha value is -1.75. The first-order valence-corrected chi connectivity index (χ1v) is 4.06. The number of aromatic nitrogens is 3. The second-order valence-electron chi connectivity index (χ2n) is 2.75. The third-order valence-corrected chi connectivity index (χ3v) is 1.80. The summed E-state index contributed by atoms with van der Waals surface area (Å²) in [7, 11) is 0. The molecule has 2 rings (SSSR count). The number of nitrogens with zero attached hydrogens (tertiary/aromatic N) is 3. The Morgan fingerprint density at radius 3 is 3.00 bits per heavy atom. The summed E-state index contributed by atoms with van der Waals surface area (Å²) >= 11 is 0. The van der Waals surface area contributed by atoms with Crippen molar-refractivity contribution in [1.82, 2.24) is 14.8 Å². The molecule has 14 heavy (non-hydrogen) atoms. The molecule has 0 amide bonds. The molecular formula is C9H8FN3O. The molecule has 0 aliphatic rings. The molecule has 0 atom stereocenters.